The van der Waals surface area contributed by atoms with E-state index >= 15 is 0 Å². The molecule has 1 rings (SSSR count). The first-order valence-corrected chi connectivity index (χ1v) is 11.3. The van der Waals surface area contributed by atoms with Gasteiger partial charge in [0.25, 0.3) is 0 Å². The topological polar surface area (TPSA) is 73.9 Å². The SMILES string of the molecule is CC(C)OC(=O)C(C)NP(=O)(COC(C)C(C)C(C)C)Oc1ccccc1. The summed E-state index contributed by atoms with van der Waals surface area (Å²) in [4.78, 5) is 12.1. The molecule has 4 atom stereocenters. The molecule has 0 bridgehead atoms. The van der Waals surface area contributed by atoms with Crippen molar-refractivity contribution in [3.05, 3.63) is 30.3 Å². The molecule has 0 aromatic heterocycles. The van der Waals surface area contributed by atoms with Gasteiger partial charge in [-0.1, -0.05) is 39.0 Å². The van der Waals surface area contributed by atoms with E-state index in [1.807, 2.05) is 13.0 Å². The van der Waals surface area contributed by atoms with Gasteiger partial charge in [0.15, 0.2) is 0 Å². The van der Waals surface area contributed by atoms with Crippen molar-refractivity contribution in [2.75, 3.05) is 6.35 Å². The fourth-order valence-corrected chi connectivity index (χ4v) is 4.10. The minimum Gasteiger partial charge on any atom is -0.462 e. The van der Waals surface area contributed by atoms with Crippen LogP contribution in [0.4, 0.5) is 0 Å². The van der Waals surface area contributed by atoms with E-state index in [-0.39, 0.29) is 18.6 Å². The summed E-state index contributed by atoms with van der Waals surface area (Å²) in [5, 5.41) is 2.80. The Hall–Kier alpha value is -1.36. The van der Waals surface area contributed by atoms with E-state index in [0.29, 0.717) is 17.6 Å². The molecule has 0 amide bonds. The molecule has 0 saturated heterocycles. The van der Waals surface area contributed by atoms with Gasteiger partial charge in [-0.05, 0) is 51.7 Å². The fraction of sp³-hybridized carbons (Fsp3) is 0.650. The molecule has 1 N–H and O–H groups in total. The molecular formula is C20H34NO5P. The molecule has 6 nitrogen and oxygen atoms in total. The lowest BCUT2D eigenvalue weighted by atomic mass is 9.93. The van der Waals surface area contributed by atoms with Gasteiger partial charge in [-0.3, -0.25) is 9.36 Å². The third kappa shape index (κ3) is 8.46. The van der Waals surface area contributed by atoms with Crippen molar-refractivity contribution in [1.29, 1.82) is 0 Å². The smallest absolute Gasteiger partial charge is 0.342 e. The number of nitrogens with one attached hydrogen (secondary N) is 1. The van der Waals surface area contributed by atoms with Crippen LogP contribution >= 0.6 is 7.52 Å². The Kier molecular flexibility index (Phi) is 9.51. The van der Waals surface area contributed by atoms with Crippen molar-refractivity contribution in [2.24, 2.45) is 11.8 Å². The number of esters is 1. The van der Waals surface area contributed by atoms with Crippen molar-refractivity contribution in [3.63, 3.8) is 0 Å². The van der Waals surface area contributed by atoms with Gasteiger partial charge in [0, 0.05) is 0 Å². The summed E-state index contributed by atoms with van der Waals surface area (Å²) >= 11 is 0. The van der Waals surface area contributed by atoms with E-state index in [1.54, 1.807) is 45.0 Å². The lowest BCUT2D eigenvalue weighted by molar-refractivity contribution is -0.149. The lowest BCUT2D eigenvalue weighted by Gasteiger charge is -2.28. The van der Waals surface area contributed by atoms with Gasteiger partial charge in [0.1, 0.15) is 18.1 Å². The largest absolute Gasteiger partial charge is 0.462 e. The van der Waals surface area contributed by atoms with E-state index in [4.69, 9.17) is 14.0 Å². The third-order valence-electron chi connectivity index (χ3n) is 4.39. The zero-order chi connectivity index (χ0) is 20.6. The molecule has 0 spiro atoms. The van der Waals surface area contributed by atoms with Gasteiger partial charge in [-0.25, -0.2) is 5.09 Å². The summed E-state index contributed by atoms with van der Waals surface area (Å²) in [5.74, 6) is 0.692. The Bertz CT molecular complexity index is 620. The Balaban J connectivity index is 2.88. The summed E-state index contributed by atoms with van der Waals surface area (Å²) in [6.07, 6.45) is -0.490. The zero-order valence-corrected chi connectivity index (χ0v) is 18.4. The van der Waals surface area contributed by atoms with Gasteiger partial charge in [-0.15, -0.1) is 0 Å². The van der Waals surface area contributed by atoms with E-state index in [2.05, 4.69) is 25.9 Å². The van der Waals surface area contributed by atoms with Crippen LogP contribution < -0.4 is 9.61 Å². The molecule has 4 unspecified atom stereocenters. The summed E-state index contributed by atoms with van der Waals surface area (Å²) in [6, 6.07) is 8.07. The van der Waals surface area contributed by atoms with Crippen LogP contribution in [0.15, 0.2) is 30.3 Å². The zero-order valence-electron chi connectivity index (χ0n) is 17.5. The monoisotopic (exact) mass is 399 g/mol. The molecule has 1 aromatic carbocycles. The fourth-order valence-electron chi connectivity index (χ4n) is 2.33. The highest BCUT2D eigenvalue weighted by molar-refractivity contribution is 7.57. The maximum atomic E-state index is 13.4. The van der Waals surface area contributed by atoms with Crippen LogP contribution in [0.5, 0.6) is 5.75 Å². The van der Waals surface area contributed by atoms with Gasteiger partial charge in [-0.2, -0.15) is 0 Å². The minimum atomic E-state index is -3.49. The highest BCUT2D eigenvalue weighted by Gasteiger charge is 2.32. The van der Waals surface area contributed by atoms with Gasteiger partial charge < -0.3 is 14.0 Å². The number of carbonyl (C=O) groups excluding carboxylic acids is 1. The van der Waals surface area contributed by atoms with Crippen molar-refractivity contribution < 1.29 is 23.4 Å². The maximum Gasteiger partial charge on any atom is 0.342 e. The number of para-hydroxylation sites is 1. The van der Waals surface area contributed by atoms with E-state index < -0.39 is 19.5 Å². The van der Waals surface area contributed by atoms with E-state index in [0.717, 1.165) is 0 Å². The second-order valence-electron chi connectivity index (χ2n) is 7.52. The molecule has 7 heteroatoms. The first kappa shape index (κ1) is 23.7. The first-order valence-electron chi connectivity index (χ1n) is 9.47. The standard InChI is InChI=1S/C20H34NO5P/c1-14(2)16(5)18(7)24-13-27(23,26-19-11-9-8-10-12-19)21-17(6)20(22)25-15(3)4/h8-12,14-18H,13H2,1-7H3,(H,21,23). The second kappa shape index (κ2) is 10.8. The van der Waals surface area contributed by atoms with Crippen LogP contribution in [0.1, 0.15) is 48.5 Å². The lowest BCUT2D eigenvalue weighted by Crippen LogP contribution is -2.37. The van der Waals surface area contributed by atoms with Gasteiger partial charge >= 0.3 is 13.5 Å². The molecule has 0 heterocycles. The quantitative estimate of drug-likeness (QED) is 0.424. The van der Waals surface area contributed by atoms with Crippen LogP contribution in [0.25, 0.3) is 0 Å². The van der Waals surface area contributed by atoms with Gasteiger partial charge in [0.05, 0.1) is 12.2 Å². The van der Waals surface area contributed by atoms with E-state index in [1.165, 1.54) is 0 Å². The first-order chi connectivity index (χ1) is 12.5. The number of ether oxygens (including phenoxy) is 2. The van der Waals surface area contributed by atoms with Crippen molar-refractivity contribution in [1.82, 2.24) is 5.09 Å². The highest BCUT2D eigenvalue weighted by atomic mass is 31.2. The highest BCUT2D eigenvalue weighted by Crippen LogP contribution is 2.44. The van der Waals surface area contributed by atoms with Crippen molar-refractivity contribution >= 4 is 13.5 Å². The molecule has 1 aromatic rings. The Morgan fingerprint density at radius 3 is 2.15 bits per heavy atom. The Morgan fingerprint density at radius 2 is 1.63 bits per heavy atom. The summed E-state index contributed by atoms with van der Waals surface area (Å²) < 4.78 is 30.2. The molecule has 0 fully saturated rings. The van der Waals surface area contributed by atoms with Crippen molar-refractivity contribution in [2.45, 2.75) is 66.7 Å². The third-order valence-corrected chi connectivity index (χ3v) is 6.17. The minimum absolute atomic E-state index is 0.0996. The second-order valence-corrected chi connectivity index (χ2v) is 9.56. The average Bonchev–Trinajstić information content (AvgIpc) is 2.59. The number of rotatable bonds is 11. The van der Waals surface area contributed by atoms with Crippen LogP contribution in [0.3, 0.4) is 0 Å². The maximum absolute atomic E-state index is 13.4. The predicted molar refractivity (Wildman–Crippen MR) is 108 cm³/mol. The molecule has 0 aliphatic carbocycles. The number of benzene rings is 1. The normalized spacial score (nSPS) is 17.2. The Morgan fingerprint density at radius 1 is 1.04 bits per heavy atom. The van der Waals surface area contributed by atoms with Crippen LogP contribution in [0.2, 0.25) is 0 Å². The molecule has 0 saturated carbocycles. The summed E-state index contributed by atoms with van der Waals surface area (Å²) in [6.45, 7) is 13.4. The van der Waals surface area contributed by atoms with Crippen molar-refractivity contribution in [3.8, 4) is 5.75 Å². The summed E-state index contributed by atoms with van der Waals surface area (Å²) in [5.41, 5.74) is 0. The Labute approximate surface area is 163 Å². The molecule has 27 heavy (non-hydrogen) atoms. The predicted octanol–water partition coefficient (Wildman–Crippen LogP) is 4.84. The molecule has 0 aliphatic rings. The van der Waals surface area contributed by atoms with Crippen LogP contribution in [0, 0.1) is 11.8 Å². The van der Waals surface area contributed by atoms with Gasteiger partial charge in [0.2, 0.25) is 0 Å². The number of hydrogen-bond acceptors (Lipinski definition) is 5. The van der Waals surface area contributed by atoms with Crippen LogP contribution in [-0.2, 0) is 18.8 Å². The molecule has 0 radical (unpaired) electrons. The average molecular weight is 399 g/mol. The number of carbonyl (C=O) groups is 1. The van der Waals surface area contributed by atoms with Crippen LogP contribution in [-0.4, -0.2) is 30.6 Å². The number of hydrogen-bond donors (Lipinski definition) is 1. The molecule has 154 valence electrons. The summed E-state index contributed by atoms with van der Waals surface area (Å²) in [7, 11) is -3.49. The van der Waals surface area contributed by atoms with E-state index in [9.17, 15) is 9.36 Å². The molecule has 0 aliphatic heterocycles. The molecular weight excluding hydrogens is 365 g/mol.